The fraction of sp³-hybridized carbons (Fsp3) is 0.700. The topological polar surface area (TPSA) is 43.8 Å². The molecule has 1 aromatic rings. The summed E-state index contributed by atoms with van der Waals surface area (Å²) in [4.78, 5) is 4.13. The van der Waals surface area contributed by atoms with Gasteiger partial charge in [0, 0.05) is 18.3 Å². The molecule has 1 rings (SSSR count). The van der Waals surface area contributed by atoms with Gasteiger partial charge in [-0.1, -0.05) is 13.8 Å². The number of aromatic nitrogens is 2. The van der Waals surface area contributed by atoms with E-state index in [9.17, 15) is 0 Å². The zero-order valence-electron chi connectivity index (χ0n) is 8.86. The third kappa shape index (κ3) is 2.10. The second-order valence-electron chi connectivity index (χ2n) is 4.00. The van der Waals surface area contributed by atoms with Crippen LogP contribution in [-0.4, -0.2) is 9.55 Å². The summed E-state index contributed by atoms with van der Waals surface area (Å²) in [6.45, 7) is 8.59. The molecule has 74 valence electrons. The Labute approximate surface area is 80.0 Å². The number of nitrogens with two attached hydrogens (primary N) is 1. The van der Waals surface area contributed by atoms with Gasteiger partial charge in [0.05, 0.1) is 12.0 Å². The molecule has 0 saturated heterocycles. The molecule has 0 bridgehead atoms. The van der Waals surface area contributed by atoms with Crippen LogP contribution in [0.15, 0.2) is 12.5 Å². The first-order chi connectivity index (χ1) is 6.04. The molecule has 2 atom stereocenters. The molecular weight excluding hydrogens is 162 g/mol. The third-order valence-corrected chi connectivity index (χ3v) is 2.57. The Morgan fingerprint density at radius 3 is 2.38 bits per heavy atom. The van der Waals surface area contributed by atoms with E-state index in [0.29, 0.717) is 12.0 Å². The average molecular weight is 181 g/mol. The largest absolute Gasteiger partial charge is 0.330 e. The summed E-state index contributed by atoms with van der Waals surface area (Å²) in [5.41, 5.74) is 6.95. The Hall–Kier alpha value is -0.830. The quantitative estimate of drug-likeness (QED) is 0.776. The molecule has 1 aromatic heterocycles. The van der Waals surface area contributed by atoms with E-state index >= 15 is 0 Å². The molecule has 13 heavy (non-hydrogen) atoms. The summed E-state index contributed by atoms with van der Waals surface area (Å²) < 4.78 is 2.16. The fourth-order valence-electron chi connectivity index (χ4n) is 1.33. The van der Waals surface area contributed by atoms with E-state index in [1.54, 1.807) is 0 Å². The van der Waals surface area contributed by atoms with Crippen LogP contribution in [0.25, 0.3) is 0 Å². The molecule has 0 amide bonds. The van der Waals surface area contributed by atoms with Crippen molar-refractivity contribution in [3.05, 3.63) is 18.2 Å². The molecule has 0 spiro atoms. The minimum absolute atomic E-state index is 0.0590. The van der Waals surface area contributed by atoms with Gasteiger partial charge in [0.1, 0.15) is 0 Å². The highest BCUT2D eigenvalue weighted by molar-refractivity contribution is 5.04. The van der Waals surface area contributed by atoms with Crippen molar-refractivity contribution in [3.8, 4) is 0 Å². The van der Waals surface area contributed by atoms with Crippen molar-refractivity contribution < 1.29 is 0 Å². The smallest absolute Gasteiger partial charge is 0.0951 e. The molecule has 2 N–H and O–H groups in total. The first kappa shape index (κ1) is 10.3. The second kappa shape index (κ2) is 3.92. The molecule has 2 unspecified atom stereocenters. The standard InChI is InChI=1S/C10H19N3/c1-7(2)9(4)13-6-12-5-10(13)8(3)11/h5-9H,11H2,1-4H3. The van der Waals surface area contributed by atoms with E-state index in [1.165, 1.54) is 0 Å². The van der Waals surface area contributed by atoms with Crippen molar-refractivity contribution in [1.29, 1.82) is 0 Å². The molecule has 3 nitrogen and oxygen atoms in total. The highest BCUT2D eigenvalue weighted by atomic mass is 15.1. The molecule has 0 aliphatic carbocycles. The van der Waals surface area contributed by atoms with Crippen molar-refractivity contribution in [2.24, 2.45) is 11.7 Å². The van der Waals surface area contributed by atoms with Gasteiger partial charge in [-0.2, -0.15) is 0 Å². The Balaban J connectivity index is 2.93. The van der Waals surface area contributed by atoms with Crippen molar-refractivity contribution in [1.82, 2.24) is 9.55 Å². The number of hydrogen-bond donors (Lipinski definition) is 1. The summed E-state index contributed by atoms with van der Waals surface area (Å²) in [5, 5.41) is 0. The fourth-order valence-corrected chi connectivity index (χ4v) is 1.33. The average Bonchev–Trinajstić information content (AvgIpc) is 2.50. The highest BCUT2D eigenvalue weighted by Gasteiger charge is 2.14. The lowest BCUT2D eigenvalue weighted by Gasteiger charge is -2.21. The molecule has 0 aliphatic heterocycles. The Morgan fingerprint density at radius 1 is 1.31 bits per heavy atom. The van der Waals surface area contributed by atoms with Gasteiger partial charge in [-0.25, -0.2) is 4.98 Å². The van der Waals surface area contributed by atoms with Crippen molar-refractivity contribution in [2.45, 2.75) is 39.8 Å². The molecule has 0 fully saturated rings. The van der Waals surface area contributed by atoms with Gasteiger partial charge in [-0.15, -0.1) is 0 Å². The highest BCUT2D eigenvalue weighted by Crippen LogP contribution is 2.21. The Bertz CT molecular complexity index is 263. The monoisotopic (exact) mass is 181 g/mol. The summed E-state index contributed by atoms with van der Waals surface area (Å²) in [6, 6.07) is 0.521. The molecule has 3 heteroatoms. The van der Waals surface area contributed by atoms with E-state index in [1.807, 2.05) is 19.4 Å². The maximum absolute atomic E-state index is 5.84. The first-order valence-electron chi connectivity index (χ1n) is 4.81. The molecule has 0 saturated carbocycles. The summed E-state index contributed by atoms with van der Waals surface area (Å²) in [6.07, 6.45) is 3.72. The predicted molar refractivity (Wildman–Crippen MR) is 54.4 cm³/mol. The van der Waals surface area contributed by atoms with Crippen molar-refractivity contribution >= 4 is 0 Å². The van der Waals surface area contributed by atoms with E-state index in [4.69, 9.17) is 5.73 Å². The van der Waals surface area contributed by atoms with Crippen LogP contribution in [0.3, 0.4) is 0 Å². The van der Waals surface area contributed by atoms with Crippen LogP contribution in [0.1, 0.15) is 45.5 Å². The van der Waals surface area contributed by atoms with Crippen molar-refractivity contribution in [2.75, 3.05) is 0 Å². The minimum Gasteiger partial charge on any atom is -0.330 e. The van der Waals surface area contributed by atoms with Gasteiger partial charge in [-0.3, -0.25) is 0 Å². The number of imidazole rings is 1. The predicted octanol–water partition coefficient (Wildman–Crippen LogP) is 2.12. The molecule has 0 aliphatic rings. The molecule has 0 aromatic carbocycles. The van der Waals surface area contributed by atoms with Crippen molar-refractivity contribution in [3.63, 3.8) is 0 Å². The second-order valence-corrected chi connectivity index (χ2v) is 4.00. The lowest BCUT2D eigenvalue weighted by molar-refractivity contribution is 0.393. The lowest BCUT2D eigenvalue weighted by Crippen LogP contribution is -2.17. The van der Waals surface area contributed by atoms with Crippen LogP contribution in [0.4, 0.5) is 0 Å². The normalized spacial score (nSPS) is 16.2. The van der Waals surface area contributed by atoms with Gasteiger partial charge in [-0.05, 0) is 19.8 Å². The molecule has 1 heterocycles. The lowest BCUT2D eigenvalue weighted by atomic mass is 10.1. The van der Waals surface area contributed by atoms with Crippen LogP contribution in [0.5, 0.6) is 0 Å². The SMILES string of the molecule is CC(N)c1cncn1C(C)C(C)C. The Kier molecular flexibility index (Phi) is 3.09. The molecule has 0 radical (unpaired) electrons. The summed E-state index contributed by atoms with van der Waals surface area (Å²) in [5.74, 6) is 0.603. The van der Waals surface area contributed by atoms with Gasteiger partial charge >= 0.3 is 0 Å². The van der Waals surface area contributed by atoms with Crippen LogP contribution >= 0.6 is 0 Å². The number of rotatable bonds is 3. The maximum Gasteiger partial charge on any atom is 0.0951 e. The van der Waals surface area contributed by atoms with E-state index in [-0.39, 0.29) is 6.04 Å². The zero-order chi connectivity index (χ0) is 10.0. The van der Waals surface area contributed by atoms with Gasteiger partial charge in [0.15, 0.2) is 0 Å². The van der Waals surface area contributed by atoms with E-state index < -0.39 is 0 Å². The third-order valence-electron chi connectivity index (χ3n) is 2.57. The van der Waals surface area contributed by atoms with Crippen LogP contribution in [0.2, 0.25) is 0 Å². The van der Waals surface area contributed by atoms with Crippen LogP contribution in [0, 0.1) is 5.92 Å². The maximum atomic E-state index is 5.84. The van der Waals surface area contributed by atoms with Crippen LogP contribution < -0.4 is 5.73 Å². The van der Waals surface area contributed by atoms with Gasteiger partial charge < -0.3 is 10.3 Å². The Morgan fingerprint density at radius 2 is 1.92 bits per heavy atom. The van der Waals surface area contributed by atoms with E-state index in [0.717, 1.165) is 5.69 Å². The van der Waals surface area contributed by atoms with Gasteiger partial charge in [0.2, 0.25) is 0 Å². The zero-order valence-corrected chi connectivity index (χ0v) is 8.86. The van der Waals surface area contributed by atoms with Crippen LogP contribution in [-0.2, 0) is 0 Å². The number of hydrogen-bond acceptors (Lipinski definition) is 2. The summed E-state index contributed by atoms with van der Waals surface area (Å²) >= 11 is 0. The van der Waals surface area contributed by atoms with E-state index in [2.05, 4.69) is 30.3 Å². The summed E-state index contributed by atoms with van der Waals surface area (Å²) in [7, 11) is 0. The number of nitrogens with zero attached hydrogens (tertiary/aromatic N) is 2. The first-order valence-corrected chi connectivity index (χ1v) is 4.81. The van der Waals surface area contributed by atoms with Gasteiger partial charge in [0.25, 0.3) is 0 Å². The minimum atomic E-state index is 0.0590. The molecular formula is C10H19N3.